The highest BCUT2D eigenvalue weighted by Gasteiger charge is 2.19. The molecule has 0 heterocycles. The fourth-order valence-corrected chi connectivity index (χ4v) is 4.89. The van der Waals surface area contributed by atoms with Gasteiger partial charge in [0.1, 0.15) is 0 Å². The maximum Gasteiger partial charge on any atom is 0.00954 e. The first-order chi connectivity index (χ1) is 15.7. The third kappa shape index (κ3) is 4.18. The number of hydrogen-bond acceptors (Lipinski definition) is 0. The second kappa shape index (κ2) is 9.01. The van der Waals surface area contributed by atoms with Gasteiger partial charge >= 0.3 is 0 Å². The highest BCUT2D eigenvalue weighted by molar-refractivity contribution is 5.84. The van der Waals surface area contributed by atoms with E-state index < -0.39 is 0 Å². The maximum absolute atomic E-state index is 2.39. The van der Waals surface area contributed by atoms with E-state index in [0.29, 0.717) is 11.8 Å². The molecule has 32 heavy (non-hydrogen) atoms. The Kier molecular flexibility index (Phi) is 5.77. The zero-order valence-electron chi connectivity index (χ0n) is 19.0. The van der Waals surface area contributed by atoms with Crippen LogP contribution in [0.25, 0.3) is 21.5 Å². The van der Waals surface area contributed by atoms with E-state index in [2.05, 4.69) is 123 Å². The van der Waals surface area contributed by atoms with Gasteiger partial charge < -0.3 is 0 Å². The highest BCUT2D eigenvalue weighted by Crippen LogP contribution is 2.37. The summed E-state index contributed by atoms with van der Waals surface area (Å²) in [6.07, 6.45) is 2.17. The summed E-state index contributed by atoms with van der Waals surface area (Å²) >= 11 is 0. The van der Waals surface area contributed by atoms with Crippen LogP contribution in [0.1, 0.15) is 54.4 Å². The number of rotatable bonds is 6. The lowest BCUT2D eigenvalue weighted by Gasteiger charge is -2.23. The minimum Gasteiger partial charge on any atom is -0.0616 e. The van der Waals surface area contributed by atoms with E-state index in [0.717, 1.165) is 12.8 Å². The summed E-state index contributed by atoms with van der Waals surface area (Å²) in [5, 5.41) is 5.24. The first-order valence-corrected chi connectivity index (χ1v) is 11.8. The average molecular weight is 415 g/mol. The summed E-state index contributed by atoms with van der Waals surface area (Å²) in [6, 6.07) is 40.5. The van der Waals surface area contributed by atoms with Gasteiger partial charge in [0.25, 0.3) is 0 Å². The van der Waals surface area contributed by atoms with E-state index in [1.165, 1.54) is 43.8 Å². The molecule has 0 nitrogen and oxygen atoms in total. The highest BCUT2D eigenvalue weighted by atomic mass is 14.2. The molecule has 0 radical (unpaired) electrons. The molecule has 0 saturated heterocycles. The quantitative estimate of drug-likeness (QED) is 0.260. The molecular weight excluding hydrogens is 384 g/mol. The van der Waals surface area contributed by atoms with E-state index in [-0.39, 0.29) is 0 Å². The van der Waals surface area contributed by atoms with Gasteiger partial charge in [0.15, 0.2) is 0 Å². The second-order valence-corrected chi connectivity index (χ2v) is 9.00. The molecule has 0 bridgehead atoms. The van der Waals surface area contributed by atoms with Crippen molar-refractivity contribution in [1.29, 1.82) is 0 Å². The monoisotopic (exact) mass is 414 g/mol. The molecule has 0 spiro atoms. The van der Waals surface area contributed by atoms with Crippen molar-refractivity contribution in [1.82, 2.24) is 0 Å². The Morgan fingerprint density at radius 2 is 1.00 bits per heavy atom. The fraction of sp³-hybridized carbons (Fsp3) is 0.188. The molecule has 0 heteroatoms. The third-order valence-corrected chi connectivity index (χ3v) is 6.90. The molecule has 5 rings (SSSR count). The molecule has 0 amide bonds. The Hall–Kier alpha value is -3.38. The van der Waals surface area contributed by atoms with Crippen molar-refractivity contribution in [2.75, 3.05) is 0 Å². The summed E-state index contributed by atoms with van der Waals surface area (Å²) in [6.45, 7) is 4.59. The standard InChI is InChI=1S/C32H30/c1-3-24-12-14-25(15-13-24)23(2)20-32(30-18-16-26-8-4-6-10-28(26)21-30)31-19-17-27-9-5-7-11-29(27)22-31/h4-19,21-23,32H,3,20H2,1-2H3/t23-/m1/s1. The Morgan fingerprint density at radius 3 is 1.50 bits per heavy atom. The van der Waals surface area contributed by atoms with Crippen molar-refractivity contribution >= 4 is 21.5 Å². The summed E-state index contributed by atoms with van der Waals surface area (Å²) in [7, 11) is 0. The van der Waals surface area contributed by atoms with Gasteiger partial charge in [-0.15, -0.1) is 0 Å². The molecule has 0 fully saturated rings. The van der Waals surface area contributed by atoms with Crippen molar-refractivity contribution in [3.05, 3.63) is 131 Å². The van der Waals surface area contributed by atoms with E-state index in [1.54, 1.807) is 0 Å². The van der Waals surface area contributed by atoms with Crippen molar-refractivity contribution < 1.29 is 0 Å². The van der Waals surface area contributed by atoms with Gasteiger partial charge in [0.2, 0.25) is 0 Å². The van der Waals surface area contributed by atoms with E-state index in [1.807, 2.05) is 0 Å². The lowest BCUT2D eigenvalue weighted by molar-refractivity contribution is 0.617. The molecule has 1 atom stereocenters. The van der Waals surface area contributed by atoms with Gasteiger partial charge in [0.05, 0.1) is 0 Å². The first kappa shape index (κ1) is 20.5. The molecule has 5 aromatic carbocycles. The molecule has 0 aliphatic carbocycles. The minimum atomic E-state index is 0.352. The van der Waals surface area contributed by atoms with E-state index in [4.69, 9.17) is 0 Å². The van der Waals surface area contributed by atoms with Crippen LogP contribution in [0, 0.1) is 0 Å². The molecule has 0 aromatic heterocycles. The van der Waals surface area contributed by atoms with Gasteiger partial charge in [-0.1, -0.05) is 123 Å². The molecule has 0 aliphatic rings. The predicted octanol–water partition coefficient (Wildman–Crippen LogP) is 8.88. The predicted molar refractivity (Wildman–Crippen MR) is 139 cm³/mol. The van der Waals surface area contributed by atoms with Crippen LogP contribution in [0.3, 0.4) is 0 Å². The van der Waals surface area contributed by atoms with Crippen LogP contribution in [-0.2, 0) is 6.42 Å². The number of fused-ring (bicyclic) bond motifs is 2. The average Bonchev–Trinajstić information content (AvgIpc) is 2.86. The Labute approximate surface area is 191 Å². The van der Waals surface area contributed by atoms with Crippen LogP contribution in [-0.4, -0.2) is 0 Å². The van der Waals surface area contributed by atoms with Crippen molar-refractivity contribution in [2.45, 2.75) is 38.5 Å². The van der Waals surface area contributed by atoms with Gasteiger partial charge in [-0.2, -0.15) is 0 Å². The third-order valence-electron chi connectivity index (χ3n) is 6.90. The normalized spacial score (nSPS) is 12.5. The largest absolute Gasteiger partial charge is 0.0616 e. The van der Waals surface area contributed by atoms with Gasteiger partial charge in [-0.3, -0.25) is 0 Å². The topological polar surface area (TPSA) is 0 Å². The van der Waals surface area contributed by atoms with Crippen LogP contribution in [0.5, 0.6) is 0 Å². The minimum absolute atomic E-state index is 0.352. The summed E-state index contributed by atoms with van der Waals surface area (Å²) in [5.41, 5.74) is 5.63. The zero-order chi connectivity index (χ0) is 21.9. The smallest absolute Gasteiger partial charge is 0.00954 e. The summed E-state index contributed by atoms with van der Waals surface area (Å²) in [4.78, 5) is 0. The fourth-order valence-electron chi connectivity index (χ4n) is 4.89. The van der Waals surface area contributed by atoms with Crippen molar-refractivity contribution in [3.8, 4) is 0 Å². The van der Waals surface area contributed by atoms with Gasteiger partial charge in [-0.05, 0) is 62.6 Å². The molecule has 5 aromatic rings. The molecule has 0 aliphatic heterocycles. The number of hydrogen-bond donors (Lipinski definition) is 0. The van der Waals surface area contributed by atoms with Crippen LogP contribution >= 0.6 is 0 Å². The first-order valence-electron chi connectivity index (χ1n) is 11.8. The molecule has 0 unspecified atom stereocenters. The van der Waals surface area contributed by atoms with Gasteiger partial charge in [-0.25, -0.2) is 0 Å². The molecule has 0 N–H and O–H groups in total. The lowest BCUT2D eigenvalue weighted by Crippen LogP contribution is -2.07. The Morgan fingerprint density at radius 1 is 0.531 bits per heavy atom. The van der Waals surface area contributed by atoms with Crippen LogP contribution < -0.4 is 0 Å². The van der Waals surface area contributed by atoms with Crippen LogP contribution in [0.15, 0.2) is 109 Å². The second-order valence-electron chi connectivity index (χ2n) is 9.00. The van der Waals surface area contributed by atoms with Crippen LogP contribution in [0.2, 0.25) is 0 Å². The molecule has 158 valence electrons. The van der Waals surface area contributed by atoms with Gasteiger partial charge in [0, 0.05) is 5.92 Å². The Balaban J connectivity index is 1.56. The molecular formula is C32H30. The Bertz CT molecular complexity index is 1260. The summed E-state index contributed by atoms with van der Waals surface area (Å²) < 4.78 is 0. The zero-order valence-corrected chi connectivity index (χ0v) is 19.0. The van der Waals surface area contributed by atoms with E-state index in [9.17, 15) is 0 Å². The van der Waals surface area contributed by atoms with E-state index >= 15 is 0 Å². The van der Waals surface area contributed by atoms with Crippen molar-refractivity contribution in [3.63, 3.8) is 0 Å². The number of benzene rings is 5. The lowest BCUT2D eigenvalue weighted by atomic mass is 9.80. The maximum atomic E-state index is 2.39. The van der Waals surface area contributed by atoms with Crippen LogP contribution in [0.4, 0.5) is 0 Å². The molecule has 0 saturated carbocycles. The number of aryl methyl sites for hydroxylation is 1. The SMILES string of the molecule is CCc1ccc([C@H](C)CC(c2ccc3ccccc3c2)c2ccc3ccccc3c2)cc1. The summed E-state index contributed by atoms with van der Waals surface area (Å²) in [5.74, 6) is 0.828. The van der Waals surface area contributed by atoms with Crippen molar-refractivity contribution in [2.24, 2.45) is 0 Å².